The standard InChI is InChI=1S/C50H34N4/c1-6-16-35(17-7-1)49-45-33-37(26-29-46(45)51-50(52-49)36-18-8-2-9-19-36)38-27-30-47-43(32-38)44-34-42(28-31-48(44)54(47)41-24-14-5-15-25-41)53(39-20-10-3-11-21-39)40-22-12-4-13-23-40/h1-34H. The summed E-state index contributed by atoms with van der Waals surface area (Å²) in [6.07, 6.45) is 0. The topological polar surface area (TPSA) is 34.0 Å². The summed E-state index contributed by atoms with van der Waals surface area (Å²) >= 11 is 0. The fraction of sp³-hybridized carbons (Fsp3) is 0. The second kappa shape index (κ2) is 13.4. The van der Waals surface area contributed by atoms with Crippen LogP contribution < -0.4 is 4.90 Å². The van der Waals surface area contributed by atoms with Gasteiger partial charge in [-0.15, -0.1) is 0 Å². The van der Waals surface area contributed by atoms with Crippen LogP contribution in [0.1, 0.15) is 0 Å². The van der Waals surface area contributed by atoms with Crippen LogP contribution in [0.25, 0.3) is 72.2 Å². The summed E-state index contributed by atoms with van der Waals surface area (Å²) in [7, 11) is 0. The maximum absolute atomic E-state index is 5.16. The van der Waals surface area contributed by atoms with Gasteiger partial charge in [-0.05, 0) is 90.0 Å². The first kappa shape index (κ1) is 31.4. The number of anilines is 3. The Hall–Kier alpha value is -7.30. The third-order valence-corrected chi connectivity index (χ3v) is 10.2. The van der Waals surface area contributed by atoms with Gasteiger partial charge in [0.1, 0.15) is 0 Å². The van der Waals surface area contributed by atoms with Crippen molar-refractivity contribution in [2.45, 2.75) is 0 Å². The molecule has 2 heterocycles. The molecule has 2 aromatic heterocycles. The van der Waals surface area contributed by atoms with Gasteiger partial charge in [-0.25, -0.2) is 9.97 Å². The number of hydrogen-bond donors (Lipinski definition) is 0. The molecule has 4 heteroatoms. The molecule has 0 atom stereocenters. The summed E-state index contributed by atoms with van der Waals surface area (Å²) < 4.78 is 2.38. The van der Waals surface area contributed by atoms with E-state index in [9.17, 15) is 0 Å². The average molecular weight is 691 g/mol. The molecule has 0 bridgehead atoms. The molecule has 0 radical (unpaired) electrons. The van der Waals surface area contributed by atoms with E-state index in [0.29, 0.717) is 0 Å². The largest absolute Gasteiger partial charge is 0.310 e. The Labute approximate surface area is 313 Å². The molecule has 0 spiro atoms. The van der Waals surface area contributed by atoms with Crippen LogP contribution in [0.15, 0.2) is 206 Å². The Kier molecular flexibility index (Phi) is 7.77. The maximum atomic E-state index is 5.16. The highest BCUT2D eigenvalue weighted by Gasteiger charge is 2.19. The zero-order valence-corrected chi connectivity index (χ0v) is 29.4. The van der Waals surface area contributed by atoms with Gasteiger partial charge in [0.2, 0.25) is 0 Å². The molecule has 0 unspecified atom stereocenters. The van der Waals surface area contributed by atoms with Gasteiger partial charge < -0.3 is 9.47 Å². The monoisotopic (exact) mass is 690 g/mol. The average Bonchev–Trinajstić information content (AvgIpc) is 3.58. The fourth-order valence-electron chi connectivity index (χ4n) is 7.63. The minimum Gasteiger partial charge on any atom is -0.310 e. The van der Waals surface area contributed by atoms with Crippen molar-refractivity contribution in [1.82, 2.24) is 14.5 Å². The van der Waals surface area contributed by atoms with Crippen molar-refractivity contribution in [3.8, 4) is 39.5 Å². The molecule has 8 aromatic carbocycles. The number of aromatic nitrogens is 3. The van der Waals surface area contributed by atoms with Crippen molar-refractivity contribution < 1.29 is 0 Å². The zero-order valence-electron chi connectivity index (χ0n) is 29.4. The van der Waals surface area contributed by atoms with Gasteiger partial charge in [0.05, 0.1) is 22.2 Å². The lowest BCUT2D eigenvalue weighted by Gasteiger charge is -2.25. The van der Waals surface area contributed by atoms with Gasteiger partial charge in [-0.2, -0.15) is 0 Å². The summed E-state index contributed by atoms with van der Waals surface area (Å²) in [6, 6.07) is 72.7. The predicted molar refractivity (Wildman–Crippen MR) is 225 cm³/mol. The minimum atomic E-state index is 0.723. The van der Waals surface area contributed by atoms with Crippen molar-refractivity contribution in [1.29, 1.82) is 0 Å². The van der Waals surface area contributed by atoms with Gasteiger partial charge in [-0.1, -0.05) is 127 Å². The molecule has 10 aromatic rings. The molecule has 0 aliphatic carbocycles. The molecule has 0 fully saturated rings. The van der Waals surface area contributed by atoms with E-state index >= 15 is 0 Å². The van der Waals surface area contributed by atoms with Crippen molar-refractivity contribution in [3.63, 3.8) is 0 Å². The Morgan fingerprint density at radius 3 is 1.48 bits per heavy atom. The van der Waals surface area contributed by atoms with Crippen LogP contribution in [0.2, 0.25) is 0 Å². The quantitative estimate of drug-likeness (QED) is 0.167. The molecular weight excluding hydrogens is 657 g/mol. The Balaban J connectivity index is 1.18. The third-order valence-electron chi connectivity index (χ3n) is 10.2. The smallest absolute Gasteiger partial charge is 0.160 e. The van der Waals surface area contributed by atoms with Crippen molar-refractivity contribution in [3.05, 3.63) is 206 Å². The highest BCUT2D eigenvalue weighted by atomic mass is 15.1. The molecule has 0 aliphatic rings. The van der Waals surface area contributed by atoms with Crippen molar-refractivity contribution in [2.24, 2.45) is 0 Å². The number of fused-ring (bicyclic) bond motifs is 4. The summed E-state index contributed by atoms with van der Waals surface area (Å²) in [5.41, 5.74) is 12.9. The second-order valence-electron chi connectivity index (χ2n) is 13.5. The summed E-state index contributed by atoms with van der Waals surface area (Å²) in [4.78, 5) is 12.5. The van der Waals surface area contributed by atoms with Gasteiger partial charge in [0, 0.05) is 50.0 Å². The van der Waals surface area contributed by atoms with Crippen molar-refractivity contribution >= 4 is 49.8 Å². The molecule has 0 amide bonds. The van der Waals surface area contributed by atoms with Gasteiger partial charge in [-0.3, -0.25) is 0 Å². The van der Waals surface area contributed by atoms with Crippen LogP contribution in [0.3, 0.4) is 0 Å². The summed E-state index contributed by atoms with van der Waals surface area (Å²) in [5.74, 6) is 0.723. The van der Waals surface area contributed by atoms with Crippen LogP contribution in [0.5, 0.6) is 0 Å². The van der Waals surface area contributed by atoms with E-state index in [-0.39, 0.29) is 0 Å². The molecule has 10 rings (SSSR count). The molecular formula is C50H34N4. The maximum Gasteiger partial charge on any atom is 0.160 e. The Bertz CT molecular complexity index is 2870. The molecule has 254 valence electrons. The van der Waals surface area contributed by atoms with Gasteiger partial charge >= 0.3 is 0 Å². The molecule has 0 saturated heterocycles. The van der Waals surface area contributed by atoms with Crippen LogP contribution in [0.4, 0.5) is 17.1 Å². The van der Waals surface area contributed by atoms with E-state index in [1.165, 1.54) is 10.8 Å². The second-order valence-corrected chi connectivity index (χ2v) is 13.5. The summed E-state index contributed by atoms with van der Waals surface area (Å²) in [6.45, 7) is 0. The van der Waals surface area contributed by atoms with E-state index in [1.807, 2.05) is 24.3 Å². The molecule has 4 nitrogen and oxygen atoms in total. The summed E-state index contributed by atoms with van der Waals surface area (Å²) in [5, 5.41) is 3.40. The minimum absolute atomic E-state index is 0.723. The normalized spacial score (nSPS) is 11.3. The lowest BCUT2D eigenvalue weighted by Crippen LogP contribution is -2.09. The number of para-hydroxylation sites is 3. The Morgan fingerprint density at radius 1 is 0.352 bits per heavy atom. The highest BCUT2D eigenvalue weighted by molar-refractivity contribution is 6.12. The van der Waals surface area contributed by atoms with Crippen LogP contribution in [-0.4, -0.2) is 14.5 Å². The lowest BCUT2D eigenvalue weighted by molar-refractivity contribution is 1.18. The molecule has 54 heavy (non-hydrogen) atoms. The fourth-order valence-corrected chi connectivity index (χ4v) is 7.63. The lowest BCUT2D eigenvalue weighted by atomic mass is 9.98. The SMILES string of the molecule is c1ccc(-c2nc(-c3ccccc3)c3cc(-c4ccc5c(c4)c4cc(N(c6ccccc6)c6ccccc6)ccc4n5-c4ccccc4)ccc3n2)cc1. The zero-order chi connectivity index (χ0) is 35.8. The number of rotatable bonds is 7. The van der Waals surface area contributed by atoms with Gasteiger partial charge in [0.15, 0.2) is 5.82 Å². The van der Waals surface area contributed by atoms with Crippen LogP contribution in [-0.2, 0) is 0 Å². The highest BCUT2D eigenvalue weighted by Crippen LogP contribution is 2.41. The van der Waals surface area contributed by atoms with E-state index in [0.717, 1.165) is 78.5 Å². The van der Waals surface area contributed by atoms with Crippen LogP contribution in [0, 0.1) is 0 Å². The number of hydrogen-bond acceptors (Lipinski definition) is 3. The van der Waals surface area contributed by atoms with Crippen LogP contribution >= 0.6 is 0 Å². The first-order chi connectivity index (χ1) is 26.8. The number of benzene rings is 8. The van der Waals surface area contributed by atoms with E-state index in [1.54, 1.807) is 0 Å². The third kappa shape index (κ3) is 5.58. The first-order valence-corrected chi connectivity index (χ1v) is 18.3. The number of nitrogens with zero attached hydrogens (tertiary/aromatic N) is 4. The van der Waals surface area contributed by atoms with E-state index in [4.69, 9.17) is 9.97 Å². The van der Waals surface area contributed by atoms with E-state index < -0.39 is 0 Å². The molecule has 0 saturated carbocycles. The molecule has 0 aliphatic heterocycles. The van der Waals surface area contributed by atoms with E-state index in [2.05, 4.69) is 191 Å². The van der Waals surface area contributed by atoms with Gasteiger partial charge in [0.25, 0.3) is 0 Å². The molecule has 0 N–H and O–H groups in total. The Morgan fingerprint density at radius 2 is 0.852 bits per heavy atom. The first-order valence-electron chi connectivity index (χ1n) is 18.3. The predicted octanol–water partition coefficient (Wildman–Crippen LogP) is 13.2. The van der Waals surface area contributed by atoms with Crippen molar-refractivity contribution in [2.75, 3.05) is 4.90 Å².